The molecule has 18 heavy (non-hydrogen) atoms. The number of carbonyl (C=O) groups excluding carboxylic acids is 1. The SMILES string of the molecule is CCC(CC(N)=S)NC(=O)c1cc(F)ccc1C. The number of rotatable bonds is 5. The summed E-state index contributed by atoms with van der Waals surface area (Å²) in [6, 6.07) is 4.03. The van der Waals surface area contributed by atoms with E-state index in [1.165, 1.54) is 12.1 Å². The quantitative estimate of drug-likeness (QED) is 0.806. The summed E-state index contributed by atoms with van der Waals surface area (Å²) in [5.41, 5.74) is 6.54. The van der Waals surface area contributed by atoms with E-state index in [2.05, 4.69) is 5.32 Å². The van der Waals surface area contributed by atoms with E-state index in [9.17, 15) is 9.18 Å². The molecule has 3 nitrogen and oxygen atoms in total. The molecule has 98 valence electrons. The number of aryl methyl sites for hydroxylation is 1. The highest BCUT2D eigenvalue weighted by atomic mass is 32.1. The minimum absolute atomic E-state index is 0.113. The van der Waals surface area contributed by atoms with Crippen molar-refractivity contribution in [1.29, 1.82) is 0 Å². The molecule has 1 aromatic rings. The molecule has 0 bridgehead atoms. The Morgan fingerprint density at radius 1 is 1.56 bits per heavy atom. The molecule has 3 N–H and O–H groups in total. The van der Waals surface area contributed by atoms with Crippen LogP contribution in [0.2, 0.25) is 0 Å². The maximum Gasteiger partial charge on any atom is 0.251 e. The first-order valence-electron chi connectivity index (χ1n) is 5.79. The third-order valence-electron chi connectivity index (χ3n) is 2.72. The summed E-state index contributed by atoms with van der Waals surface area (Å²) < 4.78 is 13.1. The minimum Gasteiger partial charge on any atom is -0.393 e. The van der Waals surface area contributed by atoms with Crippen LogP contribution in [0, 0.1) is 12.7 Å². The highest BCUT2D eigenvalue weighted by Gasteiger charge is 2.15. The second-order valence-electron chi connectivity index (χ2n) is 4.21. The summed E-state index contributed by atoms with van der Waals surface area (Å²) in [5, 5.41) is 2.81. The Hall–Kier alpha value is -1.49. The molecule has 0 saturated heterocycles. The van der Waals surface area contributed by atoms with Gasteiger partial charge in [0.15, 0.2) is 0 Å². The number of amides is 1. The predicted octanol–water partition coefficient (Wildman–Crippen LogP) is 2.32. The van der Waals surface area contributed by atoms with E-state index in [-0.39, 0.29) is 11.9 Å². The Morgan fingerprint density at radius 2 is 2.22 bits per heavy atom. The highest BCUT2D eigenvalue weighted by molar-refractivity contribution is 7.80. The Kier molecular flexibility index (Phi) is 5.22. The summed E-state index contributed by atoms with van der Waals surface area (Å²) >= 11 is 4.82. The molecule has 1 unspecified atom stereocenters. The number of hydrogen-bond acceptors (Lipinski definition) is 2. The van der Waals surface area contributed by atoms with Crippen molar-refractivity contribution in [2.75, 3.05) is 0 Å². The summed E-state index contributed by atoms with van der Waals surface area (Å²) in [6.07, 6.45) is 1.17. The monoisotopic (exact) mass is 268 g/mol. The maximum atomic E-state index is 13.1. The van der Waals surface area contributed by atoms with E-state index >= 15 is 0 Å². The fourth-order valence-corrected chi connectivity index (χ4v) is 1.84. The third-order valence-corrected chi connectivity index (χ3v) is 2.89. The first-order valence-corrected chi connectivity index (χ1v) is 6.20. The average Bonchev–Trinajstić information content (AvgIpc) is 2.30. The Balaban J connectivity index is 2.80. The number of halogens is 1. The van der Waals surface area contributed by atoms with Crippen molar-refractivity contribution in [3.8, 4) is 0 Å². The number of thiocarbonyl (C=S) groups is 1. The third kappa shape index (κ3) is 4.07. The Morgan fingerprint density at radius 3 is 2.78 bits per heavy atom. The van der Waals surface area contributed by atoms with Gasteiger partial charge in [-0.05, 0) is 31.0 Å². The van der Waals surface area contributed by atoms with Crippen molar-refractivity contribution < 1.29 is 9.18 Å². The molecule has 1 aromatic carbocycles. The number of benzene rings is 1. The summed E-state index contributed by atoms with van der Waals surface area (Å²) in [6.45, 7) is 3.70. The van der Waals surface area contributed by atoms with Gasteiger partial charge in [0.1, 0.15) is 5.82 Å². The second kappa shape index (κ2) is 6.44. The fraction of sp³-hybridized carbons (Fsp3) is 0.385. The van der Waals surface area contributed by atoms with Crippen LogP contribution in [0.15, 0.2) is 18.2 Å². The first-order chi connectivity index (χ1) is 8.43. The van der Waals surface area contributed by atoms with Crippen LogP contribution in [0.4, 0.5) is 4.39 Å². The van der Waals surface area contributed by atoms with E-state index in [0.29, 0.717) is 17.0 Å². The summed E-state index contributed by atoms with van der Waals surface area (Å²) in [4.78, 5) is 12.4. The van der Waals surface area contributed by atoms with Crippen molar-refractivity contribution in [3.05, 3.63) is 35.1 Å². The van der Waals surface area contributed by atoms with Gasteiger partial charge in [-0.25, -0.2) is 4.39 Å². The highest BCUT2D eigenvalue weighted by Crippen LogP contribution is 2.11. The number of nitrogens with two attached hydrogens (primary N) is 1. The van der Waals surface area contributed by atoms with Crippen LogP contribution in [-0.4, -0.2) is 16.9 Å². The van der Waals surface area contributed by atoms with Crippen LogP contribution in [0.1, 0.15) is 35.7 Å². The summed E-state index contributed by atoms with van der Waals surface area (Å²) in [5.74, 6) is -0.719. The zero-order valence-electron chi connectivity index (χ0n) is 10.5. The molecule has 0 aromatic heterocycles. The lowest BCUT2D eigenvalue weighted by Crippen LogP contribution is -2.37. The van der Waals surface area contributed by atoms with Gasteiger partial charge in [0, 0.05) is 18.0 Å². The standard InChI is InChI=1S/C13H17FN2OS/c1-3-10(7-12(15)18)16-13(17)11-6-9(14)5-4-8(11)2/h4-6,10H,3,7H2,1-2H3,(H2,15,18)(H,16,17). The fourth-order valence-electron chi connectivity index (χ4n) is 1.64. The van der Waals surface area contributed by atoms with Crippen molar-refractivity contribution >= 4 is 23.1 Å². The second-order valence-corrected chi connectivity index (χ2v) is 4.73. The Bertz CT molecular complexity index is 462. The Labute approximate surface area is 112 Å². The average molecular weight is 268 g/mol. The van der Waals surface area contributed by atoms with E-state index in [0.717, 1.165) is 12.0 Å². The van der Waals surface area contributed by atoms with Gasteiger partial charge >= 0.3 is 0 Å². The molecule has 1 rings (SSSR count). The number of carbonyl (C=O) groups is 1. The van der Waals surface area contributed by atoms with E-state index < -0.39 is 5.82 Å². The van der Waals surface area contributed by atoms with Gasteiger partial charge in [0.2, 0.25) is 0 Å². The first kappa shape index (κ1) is 14.6. The van der Waals surface area contributed by atoms with Crippen LogP contribution in [0.5, 0.6) is 0 Å². The van der Waals surface area contributed by atoms with Gasteiger partial charge in [-0.15, -0.1) is 0 Å². The molecule has 0 aliphatic heterocycles. The molecule has 1 atom stereocenters. The molecule has 0 fully saturated rings. The molecule has 0 radical (unpaired) electrons. The molecule has 0 heterocycles. The topological polar surface area (TPSA) is 55.1 Å². The molecular weight excluding hydrogens is 251 g/mol. The van der Waals surface area contributed by atoms with Crippen LogP contribution < -0.4 is 11.1 Å². The lowest BCUT2D eigenvalue weighted by Gasteiger charge is -2.17. The van der Waals surface area contributed by atoms with Gasteiger partial charge in [0.05, 0.1) is 4.99 Å². The van der Waals surface area contributed by atoms with Crippen LogP contribution in [0.3, 0.4) is 0 Å². The lowest BCUT2D eigenvalue weighted by atomic mass is 10.1. The van der Waals surface area contributed by atoms with E-state index in [1.807, 2.05) is 6.92 Å². The molecule has 0 saturated carbocycles. The van der Waals surface area contributed by atoms with Gasteiger partial charge < -0.3 is 11.1 Å². The molecule has 1 amide bonds. The van der Waals surface area contributed by atoms with Gasteiger partial charge in [-0.3, -0.25) is 4.79 Å². The molecule has 0 spiro atoms. The predicted molar refractivity (Wildman–Crippen MR) is 74.1 cm³/mol. The van der Waals surface area contributed by atoms with Crippen molar-refractivity contribution in [3.63, 3.8) is 0 Å². The zero-order chi connectivity index (χ0) is 13.7. The lowest BCUT2D eigenvalue weighted by molar-refractivity contribution is 0.0936. The molecular formula is C13H17FN2OS. The van der Waals surface area contributed by atoms with Crippen molar-refractivity contribution in [1.82, 2.24) is 5.32 Å². The molecule has 0 aliphatic carbocycles. The number of hydrogen-bond donors (Lipinski definition) is 2. The molecule has 5 heteroatoms. The normalized spacial score (nSPS) is 11.9. The van der Waals surface area contributed by atoms with Gasteiger partial charge in [-0.2, -0.15) is 0 Å². The summed E-state index contributed by atoms with van der Waals surface area (Å²) in [7, 11) is 0. The number of nitrogens with one attached hydrogen (secondary N) is 1. The van der Waals surface area contributed by atoms with Gasteiger partial charge in [0.25, 0.3) is 5.91 Å². The van der Waals surface area contributed by atoms with Crippen LogP contribution >= 0.6 is 12.2 Å². The largest absolute Gasteiger partial charge is 0.393 e. The van der Waals surface area contributed by atoms with Crippen molar-refractivity contribution in [2.45, 2.75) is 32.7 Å². The minimum atomic E-state index is -0.423. The van der Waals surface area contributed by atoms with Crippen molar-refractivity contribution in [2.24, 2.45) is 5.73 Å². The van der Waals surface area contributed by atoms with E-state index in [1.54, 1.807) is 13.0 Å². The van der Waals surface area contributed by atoms with E-state index in [4.69, 9.17) is 18.0 Å². The smallest absolute Gasteiger partial charge is 0.251 e. The molecule has 0 aliphatic rings. The zero-order valence-corrected chi connectivity index (χ0v) is 11.3. The maximum absolute atomic E-state index is 13.1. The van der Waals surface area contributed by atoms with Crippen LogP contribution in [0.25, 0.3) is 0 Å². The van der Waals surface area contributed by atoms with Gasteiger partial charge in [-0.1, -0.05) is 25.2 Å². The van der Waals surface area contributed by atoms with Crippen LogP contribution in [-0.2, 0) is 0 Å².